The van der Waals surface area contributed by atoms with E-state index in [1.54, 1.807) is 12.1 Å². The van der Waals surface area contributed by atoms with E-state index in [2.05, 4.69) is 5.32 Å². The lowest BCUT2D eigenvalue weighted by atomic mass is 9.84. The monoisotopic (exact) mass is 315 g/mol. The molecule has 2 aromatic rings. The number of fused-ring (bicyclic) bond motifs is 1. The van der Waals surface area contributed by atoms with Crippen molar-refractivity contribution >= 4 is 16.9 Å². The minimum Gasteiger partial charge on any atom is -0.507 e. The summed E-state index contributed by atoms with van der Waals surface area (Å²) in [6.45, 7) is 2.00. The van der Waals surface area contributed by atoms with Gasteiger partial charge in [-0.25, -0.2) is 0 Å². The van der Waals surface area contributed by atoms with E-state index in [-0.39, 0.29) is 34.4 Å². The highest BCUT2D eigenvalue weighted by atomic mass is 16.3. The molecule has 1 aromatic carbocycles. The fourth-order valence-electron chi connectivity index (χ4n) is 3.33. The van der Waals surface area contributed by atoms with Crippen LogP contribution in [0.1, 0.15) is 49.6 Å². The van der Waals surface area contributed by atoms with Gasteiger partial charge in [0.25, 0.3) is 5.91 Å². The van der Waals surface area contributed by atoms with Crippen LogP contribution in [-0.2, 0) is 0 Å². The molecule has 1 amide bonds. The van der Waals surface area contributed by atoms with Crippen LogP contribution in [0, 0.1) is 5.92 Å². The van der Waals surface area contributed by atoms with Gasteiger partial charge in [0.1, 0.15) is 16.7 Å². The number of phenolic OH excluding ortho intramolecular Hbond substituents is 1. The van der Waals surface area contributed by atoms with E-state index in [9.17, 15) is 14.7 Å². The molecule has 5 nitrogen and oxygen atoms in total. The maximum atomic E-state index is 12.4. The fourth-order valence-corrected chi connectivity index (χ4v) is 3.33. The number of hydrogen-bond donors (Lipinski definition) is 2. The number of aromatic hydroxyl groups is 1. The van der Waals surface area contributed by atoms with E-state index in [1.165, 1.54) is 25.3 Å². The van der Waals surface area contributed by atoms with Crippen molar-refractivity contribution in [1.29, 1.82) is 0 Å². The molecule has 1 aliphatic carbocycles. The molecular formula is C18H21NO4. The summed E-state index contributed by atoms with van der Waals surface area (Å²) in [5, 5.41) is 12.8. The number of hydrogen-bond acceptors (Lipinski definition) is 4. The highest BCUT2D eigenvalue weighted by molar-refractivity contribution is 5.94. The molecule has 0 spiro atoms. The molecule has 0 saturated heterocycles. The lowest BCUT2D eigenvalue weighted by Crippen LogP contribution is -2.39. The van der Waals surface area contributed by atoms with E-state index >= 15 is 0 Å². The molecule has 0 aliphatic heterocycles. The Hall–Kier alpha value is -2.30. The van der Waals surface area contributed by atoms with Gasteiger partial charge in [-0.05, 0) is 37.8 Å². The summed E-state index contributed by atoms with van der Waals surface area (Å²) in [6, 6.07) is 5.76. The van der Waals surface area contributed by atoms with Crippen LogP contribution < -0.4 is 10.7 Å². The van der Waals surface area contributed by atoms with Gasteiger partial charge in [-0.2, -0.15) is 0 Å². The highest BCUT2D eigenvalue weighted by Gasteiger charge is 2.23. The summed E-state index contributed by atoms with van der Waals surface area (Å²) in [4.78, 5) is 24.5. The number of carbonyl (C=O) groups excluding carboxylic acids is 1. The smallest absolute Gasteiger partial charge is 0.287 e. The van der Waals surface area contributed by atoms with Crippen molar-refractivity contribution in [3.63, 3.8) is 0 Å². The second-order valence-electron chi connectivity index (χ2n) is 6.29. The molecule has 23 heavy (non-hydrogen) atoms. The molecule has 122 valence electrons. The topological polar surface area (TPSA) is 79.5 Å². The first-order valence-corrected chi connectivity index (χ1v) is 8.13. The summed E-state index contributed by atoms with van der Waals surface area (Å²) in [7, 11) is 0. The van der Waals surface area contributed by atoms with Crippen LogP contribution in [0.25, 0.3) is 11.0 Å². The first kappa shape index (κ1) is 15.6. The van der Waals surface area contributed by atoms with Crippen LogP contribution >= 0.6 is 0 Å². The molecule has 1 saturated carbocycles. The normalized spacial score (nSPS) is 17.1. The van der Waals surface area contributed by atoms with E-state index in [1.807, 2.05) is 6.92 Å². The summed E-state index contributed by atoms with van der Waals surface area (Å²) >= 11 is 0. The molecule has 1 aliphatic rings. The summed E-state index contributed by atoms with van der Waals surface area (Å²) < 4.78 is 5.50. The Morgan fingerprint density at radius 2 is 2.04 bits per heavy atom. The van der Waals surface area contributed by atoms with Crippen molar-refractivity contribution in [2.75, 3.05) is 0 Å². The largest absolute Gasteiger partial charge is 0.507 e. The Bertz CT molecular complexity index is 774. The van der Waals surface area contributed by atoms with Crippen LogP contribution in [0.4, 0.5) is 0 Å². The Morgan fingerprint density at radius 1 is 1.30 bits per heavy atom. The maximum Gasteiger partial charge on any atom is 0.287 e. The Labute approximate surface area is 134 Å². The number of rotatable bonds is 3. The third-order valence-corrected chi connectivity index (χ3v) is 4.67. The zero-order valence-electron chi connectivity index (χ0n) is 13.2. The quantitative estimate of drug-likeness (QED) is 0.911. The third-order valence-electron chi connectivity index (χ3n) is 4.67. The van der Waals surface area contributed by atoms with Crippen molar-refractivity contribution in [2.24, 2.45) is 5.92 Å². The SMILES string of the molecule is C[C@H](NC(=O)c1cc(=O)c2c(O)cccc2o1)C1CCCCC1. The minimum absolute atomic E-state index is 0.0178. The standard InChI is InChI=1S/C18H21NO4/c1-11(12-6-3-2-4-7-12)19-18(22)16-10-14(21)17-13(20)8-5-9-15(17)23-16/h5,8-12,20H,2-4,6-7H2,1H3,(H,19,22)/t11-/m0/s1. The molecule has 0 bridgehead atoms. The van der Waals surface area contributed by atoms with Crippen LogP contribution in [0.5, 0.6) is 5.75 Å². The van der Waals surface area contributed by atoms with Gasteiger partial charge in [0, 0.05) is 12.1 Å². The Morgan fingerprint density at radius 3 is 2.78 bits per heavy atom. The molecular weight excluding hydrogens is 294 g/mol. The fraction of sp³-hybridized carbons (Fsp3) is 0.444. The highest BCUT2D eigenvalue weighted by Crippen LogP contribution is 2.26. The molecule has 1 atom stereocenters. The number of nitrogens with one attached hydrogen (secondary N) is 1. The zero-order chi connectivity index (χ0) is 16.4. The maximum absolute atomic E-state index is 12.4. The molecule has 2 N–H and O–H groups in total. The van der Waals surface area contributed by atoms with Crippen LogP contribution in [0.15, 0.2) is 33.5 Å². The van der Waals surface area contributed by atoms with Crippen LogP contribution in [0.3, 0.4) is 0 Å². The van der Waals surface area contributed by atoms with Crippen molar-refractivity contribution < 1.29 is 14.3 Å². The molecule has 1 heterocycles. The van der Waals surface area contributed by atoms with E-state index in [0.717, 1.165) is 18.9 Å². The summed E-state index contributed by atoms with van der Waals surface area (Å²) in [5.74, 6) is -0.0659. The van der Waals surface area contributed by atoms with Crippen molar-refractivity contribution in [1.82, 2.24) is 5.32 Å². The average molecular weight is 315 g/mol. The van der Waals surface area contributed by atoms with Gasteiger partial charge in [-0.1, -0.05) is 25.3 Å². The van der Waals surface area contributed by atoms with Gasteiger partial charge in [-0.15, -0.1) is 0 Å². The van der Waals surface area contributed by atoms with Gasteiger partial charge in [0.15, 0.2) is 11.2 Å². The predicted octanol–water partition coefficient (Wildman–Crippen LogP) is 3.20. The summed E-state index contributed by atoms with van der Waals surface area (Å²) in [6.07, 6.45) is 5.92. The first-order valence-electron chi connectivity index (χ1n) is 8.13. The predicted molar refractivity (Wildman–Crippen MR) is 87.7 cm³/mol. The Balaban J connectivity index is 1.82. The average Bonchev–Trinajstić information content (AvgIpc) is 2.55. The van der Waals surface area contributed by atoms with Gasteiger partial charge in [0.05, 0.1) is 0 Å². The Kier molecular flexibility index (Phi) is 4.37. The van der Waals surface area contributed by atoms with Crippen molar-refractivity contribution in [3.05, 3.63) is 40.2 Å². The van der Waals surface area contributed by atoms with Gasteiger partial charge < -0.3 is 14.8 Å². The van der Waals surface area contributed by atoms with E-state index in [0.29, 0.717) is 5.92 Å². The zero-order valence-corrected chi connectivity index (χ0v) is 13.2. The minimum atomic E-state index is -0.417. The lowest BCUT2D eigenvalue weighted by Gasteiger charge is -2.28. The molecule has 0 radical (unpaired) electrons. The van der Waals surface area contributed by atoms with Gasteiger partial charge >= 0.3 is 0 Å². The van der Waals surface area contributed by atoms with Crippen LogP contribution in [-0.4, -0.2) is 17.1 Å². The summed E-state index contributed by atoms with van der Waals surface area (Å²) in [5.41, 5.74) is -0.201. The third kappa shape index (κ3) is 3.23. The second-order valence-corrected chi connectivity index (χ2v) is 6.29. The molecule has 0 unspecified atom stereocenters. The van der Waals surface area contributed by atoms with Crippen molar-refractivity contribution in [3.8, 4) is 5.75 Å². The lowest BCUT2D eigenvalue weighted by molar-refractivity contribution is 0.0891. The molecule has 5 heteroatoms. The molecule has 1 fully saturated rings. The van der Waals surface area contributed by atoms with Crippen LogP contribution in [0.2, 0.25) is 0 Å². The van der Waals surface area contributed by atoms with Crippen molar-refractivity contribution in [2.45, 2.75) is 45.1 Å². The van der Waals surface area contributed by atoms with Gasteiger partial charge in [0.2, 0.25) is 0 Å². The number of benzene rings is 1. The second kappa shape index (κ2) is 6.44. The molecule has 1 aromatic heterocycles. The number of amides is 1. The van der Waals surface area contributed by atoms with Gasteiger partial charge in [-0.3, -0.25) is 9.59 Å². The number of carbonyl (C=O) groups is 1. The molecule has 3 rings (SSSR count). The van der Waals surface area contributed by atoms with E-state index in [4.69, 9.17) is 4.42 Å². The number of phenols is 1. The van der Waals surface area contributed by atoms with E-state index < -0.39 is 5.43 Å². The first-order chi connectivity index (χ1) is 11.1.